The molecule has 0 saturated carbocycles. The first-order chi connectivity index (χ1) is 9.72. The molecule has 20 heavy (non-hydrogen) atoms. The van der Waals surface area contributed by atoms with Crippen molar-refractivity contribution in [2.24, 2.45) is 0 Å². The molecule has 0 unspecified atom stereocenters. The fourth-order valence-electron chi connectivity index (χ4n) is 2.15. The van der Waals surface area contributed by atoms with Gasteiger partial charge in [-0.1, -0.05) is 5.16 Å². The molecule has 0 radical (unpaired) electrons. The number of carbonyl (C=O) groups is 1. The Kier molecular flexibility index (Phi) is 3.32. The van der Waals surface area contributed by atoms with E-state index in [9.17, 15) is 4.79 Å². The zero-order valence-electron chi connectivity index (χ0n) is 11.2. The van der Waals surface area contributed by atoms with E-state index in [1.165, 1.54) is 0 Å². The second-order valence-electron chi connectivity index (χ2n) is 4.71. The summed E-state index contributed by atoms with van der Waals surface area (Å²) in [6, 6.07) is 3.24. The monoisotopic (exact) mass is 273 g/mol. The number of aryl methyl sites for hydroxylation is 1. The number of aromatic nitrogens is 3. The van der Waals surface area contributed by atoms with Crippen molar-refractivity contribution < 1.29 is 9.32 Å². The maximum absolute atomic E-state index is 12.1. The Morgan fingerprint density at radius 3 is 2.90 bits per heavy atom. The van der Waals surface area contributed by atoms with Gasteiger partial charge in [-0.05, 0) is 25.8 Å². The number of amides is 1. The Labute approximate surface area is 116 Å². The standard InChI is InChI=1S/C13H15N5O2/c1-9-8-11(17-20-9)16-12(19)10-4-5-14-13(15-10)18-6-2-3-7-18/h4-5,8H,2-3,6-7H2,1H3,(H,16,17,19). The number of carbonyl (C=O) groups excluding carboxylic acids is 1. The molecule has 1 fully saturated rings. The number of hydrogen-bond donors (Lipinski definition) is 1. The van der Waals surface area contributed by atoms with Gasteiger partial charge in [-0.3, -0.25) is 4.79 Å². The maximum Gasteiger partial charge on any atom is 0.275 e. The minimum Gasteiger partial charge on any atom is -0.360 e. The topological polar surface area (TPSA) is 84.2 Å². The lowest BCUT2D eigenvalue weighted by molar-refractivity contribution is 0.102. The Morgan fingerprint density at radius 1 is 1.40 bits per heavy atom. The Hall–Kier alpha value is -2.44. The minimum atomic E-state index is -0.318. The highest BCUT2D eigenvalue weighted by Crippen LogP contribution is 2.16. The van der Waals surface area contributed by atoms with Crippen molar-refractivity contribution in [2.45, 2.75) is 19.8 Å². The molecule has 1 amide bonds. The molecule has 0 aliphatic carbocycles. The molecule has 1 aliphatic heterocycles. The van der Waals surface area contributed by atoms with Crippen LogP contribution < -0.4 is 10.2 Å². The fraction of sp³-hybridized carbons (Fsp3) is 0.385. The summed E-state index contributed by atoms with van der Waals surface area (Å²) in [5, 5.41) is 6.36. The molecule has 0 atom stereocenters. The van der Waals surface area contributed by atoms with Gasteiger partial charge in [0.1, 0.15) is 11.5 Å². The molecule has 1 saturated heterocycles. The number of anilines is 2. The molecule has 0 bridgehead atoms. The van der Waals surface area contributed by atoms with E-state index in [0.717, 1.165) is 25.9 Å². The first kappa shape index (κ1) is 12.6. The quantitative estimate of drug-likeness (QED) is 0.914. The molecule has 0 aromatic carbocycles. The number of rotatable bonds is 3. The van der Waals surface area contributed by atoms with Crippen molar-refractivity contribution in [1.29, 1.82) is 0 Å². The highest BCUT2D eigenvalue weighted by Gasteiger charge is 2.17. The van der Waals surface area contributed by atoms with Crippen LogP contribution in [0.3, 0.4) is 0 Å². The predicted molar refractivity (Wildman–Crippen MR) is 72.7 cm³/mol. The predicted octanol–water partition coefficient (Wildman–Crippen LogP) is 1.63. The van der Waals surface area contributed by atoms with Gasteiger partial charge in [0.15, 0.2) is 5.82 Å². The van der Waals surface area contributed by atoms with E-state index < -0.39 is 0 Å². The molecule has 3 heterocycles. The van der Waals surface area contributed by atoms with Gasteiger partial charge >= 0.3 is 0 Å². The largest absolute Gasteiger partial charge is 0.360 e. The van der Waals surface area contributed by atoms with E-state index in [-0.39, 0.29) is 5.91 Å². The number of nitrogens with zero attached hydrogens (tertiary/aromatic N) is 4. The fourth-order valence-corrected chi connectivity index (χ4v) is 2.15. The van der Waals surface area contributed by atoms with Crippen molar-refractivity contribution in [3.05, 3.63) is 29.8 Å². The molecule has 3 rings (SSSR count). The van der Waals surface area contributed by atoms with Gasteiger partial charge in [0.05, 0.1) is 0 Å². The molecule has 1 aliphatic rings. The van der Waals surface area contributed by atoms with Crippen molar-refractivity contribution in [2.75, 3.05) is 23.3 Å². The summed E-state index contributed by atoms with van der Waals surface area (Å²) in [6.07, 6.45) is 3.87. The van der Waals surface area contributed by atoms with Gasteiger partial charge in [-0.2, -0.15) is 0 Å². The van der Waals surface area contributed by atoms with Crippen LogP contribution in [0.15, 0.2) is 22.9 Å². The molecule has 7 nitrogen and oxygen atoms in total. The Balaban J connectivity index is 1.75. The van der Waals surface area contributed by atoms with Crippen LogP contribution in [0, 0.1) is 6.92 Å². The minimum absolute atomic E-state index is 0.318. The summed E-state index contributed by atoms with van der Waals surface area (Å²) < 4.78 is 4.90. The highest BCUT2D eigenvalue weighted by atomic mass is 16.5. The van der Waals surface area contributed by atoms with Crippen LogP contribution in [0.5, 0.6) is 0 Å². The van der Waals surface area contributed by atoms with E-state index in [2.05, 4.69) is 25.3 Å². The SMILES string of the molecule is Cc1cc(NC(=O)c2ccnc(N3CCCC3)n2)no1. The average molecular weight is 273 g/mol. The molecule has 2 aromatic heterocycles. The lowest BCUT2D eigenvalue weighted by Gasteiger charge is -2.14. The molecular weight excluding hydrogens is 258 g/mol. The number of hydrogen-bond acceptors (Lipinski definition) is 6. The summed E-state index contributed by atoms with van der Waals surface area (Å²) in [6.45, 7) is 3.64. The van der Waals surface area contributed by atoms with Crippen molar-refractivity contribution in [3.8, 4) is 0 Å². The first-order valence-electron chi connectivity index (χ1n) is 6.55. The average Bonchev–Trinajstić information content (AvgIpc) is 3.11. The summed E-state index contributed by atoms with van der Waals surface area (Å²) in [7, 11) is 0. The molecule has 0 spiro atoms. The van der Waals surface area contributed by atoms with E-state index in [1.54, 1.807) is 25.3 Å². The number of nitrogens with one attached hydrogen (secondary N) is 1. The molecule has 1 N–H and O–H groups in total. The van der Waals surface area contributed by atoms with Crippen LogP contribution in [-0.4, -0.2) is 34.1 Å². The lowest BCUT2D eigenvalue weighted by atomic mass is 10.3. The highest BCUT2D eigenvalue weighted by molar-refractivity contribution is 6.02. The zero-order chi connectivity index (χ0) is 13.9. The normalized spacial score (nSPS) is 14.6. The van der Waals surface area contributed by atoms with E-state index in [1.807, 2.05) is 0 Å². The first-order valence-corrected chi connectivity index (χ1v) is 6.55. The maximum atomic E-state index is 12.1. The van der Waals surface area contributed by atoms with Gasteiger partial charge in [0.2, 0.25) is 5.95 Å². The summed E-state index contributed by atoms with van der Waals surface area (Å²) in [4.78, 5) is 22.7. The van der Waals surface area contributed by atoms with E-state index >= 15 is 0 Å². The smallest absolute Gasteiger partial charge is 0.275 e. The molecular formula is C13H15N5O2. The van der Waals surface area contributed by atoms with E-state index in [0.29, 0.717) is 23.2 Å². The van der Waals surface area contributed by atoms with Crippen LogP contribution in [-0.2, 0) is 0 Å². The van der Waals surface area contributed by atoms with Gasteiger partial charge in [-0.25, -0.2) is 9.97 Å². The van der Waals surface area contributed by atoms with Crippen molar-refractivity contribution in [3.63, 3.8) is 0 Å². The molecule has 7 heteroatoms. The van der Waals surface area contributed by atoms with Crippen molar-refractivity contribution >= 4 is 17.7 Å². The zero-order valence-corrected chi connectivity index (χ0v) is 11.2. The second kappa shape index (κ2) is 5.28. The lowest BCUT2D eigenvalue weighted by Crippen LogP contribution is -2.22. The summed E-state index contributed by atoms with van der Waals surface area (Å²) >= 11 is 0. The van der Waals surface area contributed by atoms with Crippen LogP contribution in [0.2, 0.25) is 0 Å². The van der Waals surface area contributed by atoms with Crippen LogP contribution in [0.4, 0.5) is 11.8 Å². The third-order valence-electron chi connectivity index (χ3n) is 3.13. The van der Waals surface area contributed by atoms with Gasteiger partial charge < -0.3 is 14.7 Å². The van der Waals surface area contributed by atoms with Crippen molar-refractivity contribution in [1.82, 2.24) is 15.1 Å². The molecule has 2 aromatic rings. The van der Waals surface area contributed by atoms with Crippen LogP contribution >= 0.6 is 0 Å². The third kappa shape index (κ3) is 2.61. The second-order valence-corrected chi connectivity index (χ2v) is 4.71. The summed E-state index contributed by atoms with van der Waals surface area (Å²) in [5.74, 6) is 1.31. The Morgan fingerprint density at radius 2 is 2.20 bits per heavy atom. The third-order valence-corrected chi connectivity index (χ3v) is 3.13. The molecule has 104 valence electrons. The summed E-state index contributed by atoms with van der Waals surface area (Å²) in [5.41, 5.74) is 0.322. The Bertz CT molecular complexity index is 619. The van der Waals surface area contributed by atoms with Gasteiger partial charge in [-0.15, -0.1) is 0 Å². The van der Waals surface area contributed by atoms with Crippen LogP contribution in [0.25, 0.3) is 0 Å². The van der Waals surface area contributed by atoms with Gasteiger partial charge in [0, 0.05) is 25.4 Å². The van der Waals surface area contributed by atoms with Gasteiger partial charge in [0.25, 0.3) is 5.91 Å². The van der Waals surface area contributed by atoms with E-state index in [4.69, 9.17) is 4.52 Å². The van der Waals surface area contributed by atoms with Crippen LogP contribution in [0.1, 0.15) is 29.1 Å².